The monoisotopic (exact) mass is 145 g/mol. The van der Waals surface area contributed by atoms with Crippen LogP contribution in [-0.4, -0.2) is 43.5 Å². The van der Waals surface area contributed by atoms with Crippen molar-refractivity contribution < 1.29 is 9.84 Å². The highest BCUT2D eigenvalue weighted by atomic mass is 16.6. The molecule has 0 saturated heterocycles. The lowest BCUT2D eigenvalue weighted by Gasteiger charge is -2.11. The predicted molar refractivity (Wildman–Crippen MR) is 40.7 cm³/mol. The van der Waals surface area contributed by atoms with E-state index < -0.39 is 6.29 Å². The lowest BCUT2D eigenvalue weighted by atomic mass is 10.6. The molecule has 3 heteroatoms. The van der Waals surface area contributed by atoms with Crippen molar-refractivity contribution in [2.24, 2.45) is 0 Å². The molecule has 3 nitrogen and oxygen atoms in total. The first-order valence-corrected chi connectivity index (χ1v) is 3.23. The SMILES string of the molecule is C=CC(O)OCCN(C)C. The molecule has 0 amide bonds. The van der Waals surface area contributed by atoms with Gasteiger partial charge >= 0.3 is 0 Å². The number of ether oxygens (including phenoxy) is 1. The molecule has 0 saturated carbocycles. The van der Waals surface area contributed by atoms with Crippen LogP contribution in [0.3, 0.4) is 0 Å². The van der Waals surface area contributed by atoms with Gasteiger partial charge in [0, 0.05) is 6.54 Å². The van der Waals surface area contributed by atoms with Gasteiger partial charge in [-0.1, -0.05) is 6.58 Å². The van der Waals surface area contributed by atoms with Crippen LogP contribution in [0, 0.1) is 0 Å². The van der Waals surface area contributed by atoms with Crippen LogP contribution in [0.1, 0.15) is 0 Å². The normalized spacial score (nSPS) is 13.6. The molecule has 0 rings (SSSR count). The van der Waals surface area contributed by atoms with Crippen LogP contribution in [0.4, 0.5) is 0 Å². The van der Waals surface area contributed by atoms with E-state index in [0.717, 1.165) is 6.54 Å². The highest BCUT2D eigenvalue weighted by Gasteiger charge is 1.96. The van der Waals surface area contributed by atoms with Gasteiger partial charge < -0.3 is 14.7 Å². The second-order valence-electron chi connectivity index (χ2n) is 2.30. The summed E-state index contributed by atoms with van der Waals surface area (Å²) in [7, 11) is 3.90. The van der Waals surface area contributed by atoms with Gasteiger partial charge in [-0.05, 0) is 20.2 Å². The second kappa shape index (κ2) is 5.41. The highest BCUT2D eigenvalue weighted by molar-refractivity contribution is 4.69. The third-order valence-electron chi connectivity index (χ3n) is 1.03. The van der Waals surface area contributed by atoms with Crippen molar-refractivity contribution in [1.29, 1.82) is 0 Å². The van der Waals surface area contributed by atoms with Crippen LogP contribution in [0.2, 0.25) is 0 Å². The molecule has 0 aromatic heterocycles. The van der Waals surface area contributed by atoms with E-state index in [1.54, 1.807) is 0 Å². The summed E-state index contributed by atoms with van der Waals surface area (Å²) in [5, 5.41) is 8.81. The maximum absolute atomic E-state index is 8.81. The minimum Gasteiger partial charge on any atom is -0.365 e. The largest absolute Gasteiger partial charge is 0.365 e. The van der Waals surface area contributed by atoms with Crippen molar-refractivity contribution in [3.8, 4) is 0 Å². The number of aliphatic hydroxyl groups excluding tert-OH is 1. The molecule has 0 bridgehead atoms. The fraction of sp³-hybridized carbons (Fsp3) is 0.714. The first-order valence-electron chi connectivity index (χ1n) is 3.23. The van der Waals surface area contributed by atoms with E-state index in [1.807, 2.05) is 19.0 Å². The lowest BCUT2D eigenvalue weighted by molar-refractivity contribution is -0.0667. The predicted octanol–water partition coefficient (Wildman–Crippen LogP) is 0.0690. The summed E-state index contributed by atoms with van der Waals surface area (Å²) in [4.78, 5) is 1.98. The number of aliphatic hydroxyl groups is 1. The summed E-state index contributed by atoms with van der Waals surface area (Å²) in [5.41, 5.74) is 0. The van der Waals surface area contributed by atoms with E-state index in [1.165, 1.54) is 6.08 Å². The van der Waals surface area contributed by atoms with Gasteiger partial charge in [0.15, 0.2) is 6.29 Å². The van der Waals surface area contributed by atoms with Crippen LogP contribution in [0.5, 0.6) is 0 Å². The molecule has 1 N–H and O–H groups in total. The van der Waals surface area contributed by atoms with E-state index in [0.29, 0.717) is 6.61 Å². The Labute approximate surface area is 61.9 Å². The molecular weight excluding hydrogens is 130 g/mol. The van der Waals surface area contributed by atoms with Gasteiger partial charge in [-0.25, -0.2) is 0 Å². The molecule has 10 heavy (non-hydrogen) atoms. The molecule has 0 radical (unpaired) electrons. The van der Waals surface area contributed by atoms with Crippen LogP contribution >= 0.6 is 0 Å². The Hall–Kier alpha value is -0.380. The van der Waals surface area contributed by atoms with Crippen molar-refractivity contribution in [2.45, 2.75) is 6.29 Å². The van der Waals surface area contributed by atoms with Crippen molar-refractivity contribution >= 4 is 0 Å². The molecular formula is C7H15NO2. The smallest absolute Gasteiger partial charge is 0.173 e. The number of likely N-dealkylation sites (N-methyl/N-ethyl adjacent to an activating group) is 1. The van der Waals surface area contributed by atoms with E-state index in [-0.39, 0.29) is 0 Å². The average molecular weight is 145 g/mol. The van der Waals surface area contributed by atoms with E-state index in [2.05, 4.69) is 6.58 Å². The summed E-state index contributed by atoms with van der Waals surface area (Å²) in [6.45, 7) is 4.71. The van der Waals surface area contributed by atoms with E-state index >= 15 is 0 Å². The summed E-state index contributed by atoms with van der Waals surface area (Å²) < 4.78 is 4.90. The molecule has 0 spiro atoms. The first kappa shape index (κ1) is 9.62. The quantitative estimate of drug-likeness (QED) is 0.439. The Balaban J connectivity index is 3.11. The fourth-order valence-corrected chi connectivity index (χ4v) is 0.424. The molecule has 60 valence electrons. The van der Waals surface area contributed by atoms with Gasteiger partial charge in [0.25, 0.3) is 0 Å². The second-order valence-corrected chi connectivity index (χ2v) is 2.30. The maximum Gasteiger partial charge on any atom is 0.173 e. The van der Waals surface area contributed by atoms with Crippen LogP contribution < -0.4 is 0 Å². The minimum atomic E-state index is -0.819. The Morgan fingerprint density at radius 1 is 1.70 bits per heavy atom. The molecule has 0 aromatic rings. The third kappa shape index (κ3) is 5.75. The van der Waals surface area contributed by atoms with E-state index in [4.69, 9.17) is 9.84 Å². The van der Waals surface area contributed by atoms with Crippen molar-refractivity contribution in [1.82, 2.24) is 4.90 Å². The summed E-state index contributed by atoms with van der Waals surface area (Å²) in [5.74, 6) is 0. The van der Waals surface area contributed by atoms with Crippen LogP contribution in [0.25, 0.3) is 0 Å². The van der Waals surface area contributed by atoms with Gasteiger partial charge in [0.1, 0.15) is 0 Å². The van der Waals surface area contributed by atoms with Crippen molar-refractivity contribution in [2.75, 3.05) is 27.2 Å². The maximum atomic E-state index is 8.81. The first-order chi connectivity index (χ1) is 4.66. The Morgan fingerprint density at radius 2 is 2.30 bits per heavy atom. The van der Waals surface area contributed by atoms with Gasteiger partial charge in [-0.3, -0.25) is 0 Å². The number of hydrogen-bond donors (Lipinski definition) is 1. The zero-order chi connectivity index (χ0) is 7.98. The van der Waals surface area contributed by atoms with Gasteiger partial charge in [-0.15, -0.1) is 0 Å². The van der Waals surface area contributed by atoms with Crippen molar-refractivity contribution in [3.63, 3.8) is 0 Å². The lowest BCUT2D eigenvalue weighted by Crippen LogP contribution is -2.21. The topological polar surface area (TPSA) is 32.7 Å². The molecule has 0 heterocycles. The Kier molecular flexibility index (Phi) is 5.20. The molecule has 0 aromatic carbocycles. The highest BCUT2D eigenvalue weighted by Crippen LogP contribution is 1.86. The number of hydrogen-bond acceptors (Lipinski definition) is 3. The Bertz CT molecular complexity index is 93.6. The Morgan fingerprint density at radius 3 is 2.70 bits per heavy atom. The van der Waals surface area contributed by atoms with E-state index in [9.17, 15) is 0 Å². The summed E-state index contributed by atoms with van der Waals surface area (Å²) in [6, 6.07) is 0. The molecule has 0 aliphatic rings. The third-order valence-corrected chi connectivity index (χ3v) is 1.03. The minimum absolute atomic E-state index is 0.528. The van der Waals surface area contributed by atoms with Crippen LogP contribution in [0.15, 0.2) is 12.7 Å². The molecule has 0 aliphatic carbocycles. The van der Waals surface area contributed by atoms with Gasteiger partial charge in [-0.2, -0.15) is 0 Å². The van der Waals surface area contributed by atoms with Crippen LogP contribution in [-0.2, 0) is 4.74 Å². The number of nitrogens with zero attached hydrogens (tertiary/aromatic N) is 1. The average Bonchev–Trinajstić information content (AvgIpc) is 1.87. The summed E-state index contributed by atoms with van der Waals surface area (Å²) >= 11 is 0. The van der Waals surface area contributed by atoms with Crippen molar-refractivity contribution in [3.05, 3.63) is 12.7 Å². The van der Waals surface area contributed by atoms with Gasteiger partial charge in [0.2, 0.25) is 0 Å². The molecule has 1 atom stereocenters. The molecule has 0 aliphatic heterocycles. The standard InChI is InChI=1S/C7H15NO2/c1-4-7(9)10-6-5-8(2)3/h4,7,9H,1,5-6H2,2-3H3. The zero-order valence-electron chi connectivity index (χ0n) is 6.58. The summed E-state index contributed by atoms with van der Waals surface area (Å²) in [6.07, 6.45) is 0.537. The molecule has 1 unspecified atom stereocenters. The van der Waals surface area contributed by atoms with Gasteiger partial charge in [0.05, 0.1) is 6.61 Å². The fourth-order valence-electron chi connectivity index (χ4n) is 0.424. The number of rotatable bonds is 5. The molecule has 0 fully saturated rings. The zero-order valence-corrected chi connectivity index (χ0v) is 6.58.